The van der Waals surface area contributed by atoms with Crippen LogP contribution in [0.1, 0.15) is 31.7 Å². The van der Waals surface area contributed by atoms with Crippen LogP contribution in [0.3, 0.4) is 0 Å². The fourth-order valence-electron chi connectivity index (χ4n) is 3.04. The molecule has 0 saturated carbocycles. The highest BCUT2D eigenvalue weighted by molar-refractivity contribution is 9.10. The normalized spacial score (nSPS) is 16.4. The van der Waals surface area contributed by atoms with Crippen molar-refractivity contribution in [2.45, 2.75) is 38.0 Å². The van der Waals surface area contributed by atoms with E-state index in [-0.39, 0.29) is 17.5 Å². The van der Waals surface area contributed by atoms with E-state index in [1.165, 1.54) is 4.90 Å². The van der Waals surface area contributed by atoms with Gasteiger partial charge in [-0.05, 0) is 37.0 Å². The number of likely N-dealkylation sites (tertiary alicyclic amines) is 1. The van der Waals surface area contributed by atoms with Crippen molar-refractivity contribution in [3.8, 4) is 0 Å². The third kappa shape index (κ3) is 7.52. The minimum absolute atomic E-state index is 0.0833. The van der Waals surface area contributed by atoms with Crippen molar-refractivity contribution in [1.82, 2.24) is 9.62 Å². The Bertz CT molecular complexity index is 863. The second-order valence-electron chi connectivity index (χ2n) is 6.75. The van der Waals surface area contributed by atoms with Crippen molar-refractivity contribution >= 4 is 41.7 Å². The van der Waals surface area contributed by atoms with E-state index in [2.05, 4.69) is 20.7 Å². The van der Waals surface area contributed by atoms with Crippen LogP contribution in [0.5, 0.6) is 0 Å². The summed E-state index contributed by atoms with van der Waals surface area (Å²) >= 11 is 3.30. The van der Waals surface area contributed by atoms with Crippen LogP contribution in [-0.2, 0) is 30.4 Å². The maximum absolute atomic E-state index is 12.4. The number of benzene rings is 1. The van der Waals surface area contributed by atoms with Gasteiger partial charge in [0.2, 0.25) is 15.9 Å². The molecule has 1 fully saturated rings. The highest BCUT2D eigenvalue weighted by Crippen LogP contribution is 2.16. The van der Waals surface area contributed by atoms with E-state index in [0.29, 0.717) is 37.9 Å². The monoisotopic (exact) mass is 480 g/mol. The quantitative estimate of drug-likeness (QED) is 0.609. The highest BCUT2D eigenvalue weighted by Gasteiger charge is 2.28. The molecule has 1 N–H and O–H groups in total. The molecule has 7 nitrogen and oxygen atoms in total. The first-order valence-corrected chi connectivity index (χ1v) is 13.1. The van der Waals surface area contributed by atoms with Gasteiger partial charge in [-0.1, -0.05) is 35.0 Å². The molecule has 0 aliphatic carbocycles. The molecule has 1 aromatic rings. The van der Waals surface area contributed by atoms with E-state index in [1.807, 2.05) is 0 Å². The molecular weight excluding hydrogens is 456 g/mol. The van der Waals surface area contributed by atoms with Crippen molar-refractivity contribution in [3.63, 3.8) is 0 Å². The zero-order valence-electron chi connectivity index (χ0n) is 15.2. The summed E-state index contributed by atoms with van der Waals surface area (Å²) in [5.41, 5.74) is 0.626. The summed E-state index contributed by atoms with van der Waals surface area (Å²) in [4.78, 5) is 13.9. The molecule has 1 aliphatic heterocycles. The Balaban J connectivity index is 1.86. The largest absolute Gasteiger partial charge is 0.342 e. The standard InChI is InChI=1S/C17H25BrN2O5S2/c1-2-10-27(24,25)19-16-6-8-20(9-7-16)17(21)13-26(22,23)12-14-4-3-5-15(18)11-14/h3-5,11,16,19H,2,6-10,12-13H2,1H3. The molecular formula is C17H25BrN2O5S2. The molecule has 10 heteroatoms. The molecule has 1 saturated heterocycles. The summed E-state index contributed by atoms with van der Waals surface area (Å²) in [6, 6.07) is 6.78. The molecule has 0 unspecified atom stereocenters. The third-order valence-electron chi connectivity index (χ3n) is 4.29. The number of sulfone groups is 1. The van der Waals surface area contributed by atoms with Gasteiger partial charge in [-0.2, -0.15) is 0 Å². The summed E-state index contributed by atoms with van der Waals surface area (Å²) in [6.07, 6.45) is 1.52. The van der Waals surface area contributed by atoms with Gasteiger partial charge in [0.05, 0.1) is 11.5 Å². The van der Waals surface area contributed by atoms with E-state index in [9.17, 15) is 21.6 Å². The molecule has 152 valence electrons. The van der Waals surface area contributed by atoms with Gasteiger partial charge < -0.3 is 4.90 Å². The maximum Gasteiger partial charge on any atom is 0.237 e. The zero-order valence-corrected chi connectivity index (χ0v) is 18.4. The summed E-state index contributed by atoms with van der Waals surface area (Å²) in [5, 5.41) is 0. The van der Waals surface area contributed by atoms with Gasteiger partial charge in [0, 0.05) is 23.6 Å². The summed E-state index contributed by atoms with van der Waals surface area (Å²) in [5.74, 6) is -1.07. The zero-order chi connectivity index (χ0) is 20.1. The number of carbonyl (C=O) groups is 1. The van der Waals surface area contributed by atoms with Crippen molar-refractivity contribution in [1.29, 1.82) is 0 Å². The molecule has 2 rings (SSSR count). The molecule has 0 radical (unpaired) electrons. The van der Waals surface area contributed by atoms with Crippen molar-refractivity contribution < 1.29 is 21.6 Å². The number of nitrogens with one attached hydrogen (secondary N) is 1. The molecule has 0 aromatic heterocycles. The first kappa shape index (κ1) is 22.3. The number of hydrogen-bond acceptors (Lipinski definition) is 5. The van der Waals surface area contributed by atoms with Gasteiger partial charge >= 0.3 is 0 Å². The Hall–Kier alpha value is -0.970. The molecule has 27 heavy (non-hydrogen) atoms. The SMILES string of the molecule is CCCS(=O)(=O)NC1CCN(C(=O)CS(=O)(=O)Cc2cccc(Br)c2)CC1. The Morgan fingerprint density at radius 3 is 2.48 bits per heavy atom. The lowest BCUT2D eigenvalue weighted by molar-refractivity contribution is -0.129. The van der Waals surface area contributed by atoms with Gasteiger partial charge in [0.1, 0.15) is 5.75 Å². The van der Waals surface area contributed by atoms with E-state index < -0.39 is 31.5 Å². The molecule has 1 heterocycles. The minimum Gasteiger partial charge on any atom is -0.342 e. The number of carbonyl (C=O) groups excluding carboxylic acids is 1. The predicted octanol–water partition coefficient (Wildman–Crippen LogP) is 1.68. The van der Waals surface area contributed by atoms with Crippen LogP contribution in [0.2, 0.25) is 0 Å². The van der Waals surface area contributed by atoms with Gasteiger partial charge in [0.15, 0.2) is 9.84 Å². The van der Waals surface area contributed by atoms with Crippen molar-refractivity contribution in [2.75, 3.05) is 24.6 Å². The number of amides is 1. The van der Waals surface area contributed by atoms with Crippen LogP contribution in [0.25, 0.3) is 0 Å². The Morgan fingerprint density at radius 1 is 1.22 bits per heavy atom. The molecule has 1 amide bonds. The molecule has 0 spiro atoms. The summed E-state index contributed by atoms with van der Waals surface area (Å²) in [6.45, 7) is 2.50. The third-order valence-corrected chi connectivity index (χ3v) is 7.88. The lowest BCUT2D eigenvalue weighted by atomic mass is 10.1. The van der Waals surface area contributed by atoms with Crippen LogP contribution < -0.4 is 4.72 Å². The average molecular weight is 481 g/mol. The number of hydrogen-bond donors (Lipinski definition) is 1. The Kier molecular flexibility index (Phi) is 7.84. The first-order valence-electron chi connectivity index (χ1n) is 8.83. The lowest BCUT2D eigenvalue weighted by Gasteiger charge is -2.32. The van der Waals surface area contributed by atoms with Gasteiger partial charge in [0.25, 0.3) is 0 Å². The highest BCUT2D eigenvalue weighted by atomic mass is 79.9. The minimum atomic E-state index is -3.57. The van der Waals surface area contributed by atoms with Gasteiger partial charge in [-0.3, -0.25) is 4.79 Å². The smallest absolute Gasteiger partial charge is 0.237 e. The molecule has 0 atom stereocenters. The second-order valence-corrected chi connectivity index (χ2v) is 11.6. The van der Waals surface area contributed by atoms with E-state index in [0.717, 1.165) is 4.47 Å². The van der Waals surface area contributed by atoms with Crippen LogP contribution in [-0.4, -0.2) is 58.3 Å². The average Bonchev–Trinajstić information content (AvgIpc) is 2.54. The van der Waals surface area contributed by atoms with Gasteiger partial charge in [-0.25, -0.2) is 21.6 Å². The van der Waals surface area contributed by atoms with Crippen LogP contribution in [0, 0.1) is 0 Å². The number of sulfonamides is 1. The molecule has 0 bridgehead atoms. The van der Waals surface area contributed by atoms with Crippen LogP contribution in [0.15, 0.2) is 28.7 Å². The number of halogens is 1. The van der Waals surface area contributed by atoms with Crippen molar-refractivity contribution in [2.24, 2.45) is 0 Å². The molecule has 1 aliphatic rings. The Morgan fingerprint density at radius 2 is 1.89 bits per heavy atom. The fraction of sp³-hybridized carbons (Fsp3) is 0.588. The summed E-state index contributed by atoms with van der Waals surface area (Å²) < 4.78 is 51.8. The van der Waals surface area contributed by atoms with Crippen molar-refractivity contribution in [3.05, 3.63) is 34.3 Å². The topological polar surface area (TPSA) is 101 Å². The van der Waals surface area contributed by atoms with Crippen LogP contribution in [0.4, 0.5) is 0 Å². The first-order chi connectivity index (χ1) is 12.6. The second kappa shape index (κ2) is 9.49. The molecule has 1 aromatic carbocycles. The number of rotatable bonds is 8. The number of piperidine rings is 1. The number of nitrogens with zero attached hydrogens (tertiary/aromatic N) is 1. The summed E-state index contributed by atoms with van der Waals surface area (Å²) in [7, 11) is -6.86. The van der Waals surface area contributed by atoms with E-state index in [4.69, 9.17) is 0 Å². The predicted molar refractivity (Wildman–Crippen MR) is 108 cm³/mol. The lowest BCUT2D eigenvalue weighted by Crippen LogP contribution is -2.48. The Labute approximate surface area is 169 Å². The van der Waals surface area contributed by atoms with E-state index >= 15 is 0 Å². The van der Waals surface area contributed by atoms with Gasteiger partial charge in [-0.15, -0.1) is 0 Å². The van der Waals surface area contributed by atoms with Crippen LogP contribution >= 0.6 is 15.9 Å². The fourth-order valence-corrected chi connectivity index (χ4v) is 6.23. The maximum atomic E-state index is 12.4. The van der Waals surface area contributed by atoms with E-state index in [1.54, 1.807) is 31.2 Å².